The molecule has 1 aliphatic rings. The van der Waals surface area contributed by atoms with Crippen molar-refractivity contribution in [2.24, 2.45) is 0 Å². The van der Waals surface area contributed by atoms with Gasteiger partial charge in [0.15, 0.2) is 0 Å². The molecule has 2 rings (SSSR count). The Balaban J connectivity index is 0.00000200. The number of aryl methyl sites for hydroxylation is 1. The molecule has 0 saturated carbocycles. The lowest BCUT2D eigenvalue weighted by Crippen LogP contribution is -2.49. The Hall–Kier alpha value is -0.780. The van der Waals surface area contributed by atoms with Crippen molar-refractivity contribution in [2.75, 3.05) is 19.6 Å². The van der Waals surface area contributed by atoms with Crippen LogP contribution >= 0.6 is 12.4 Å². The minimum Gasteiger partial charge on any atom is -0.314 e. The molecular formula is C14H20ClF3N2. The molecular weight excluding hydrogens is 289 g/mol. The number of alkyl halides is 3. The summed E-state index contributed by atoms with van der Waals surface area (Å²) in [5.74, 6) is 0. The third-order valence-electron chi connectivity index (χ3n) is 3.68. The van der Waals surface area contributed by atoms with Crippen molar-refractivity contribution in [3.8, 4) is 0 Å². The summed E-state index contributed by atoms with van der Waals surface area (Å²) in [7, 11) is 0. The molecule has 0 bridgehead atoms. The van der Waals surface area contributed by atoms with Gasteiger partial charge in [-0.25, -0.2) is 0 Å². The third-order valence-corrected chi connectivity index (χ3v) is 3.68. The maximum absolute atomic E-state index is 12.6. The second kappa shape index (κ2) is 6.78. The molecule has 2 nitrogen and oxygen atoms in total. The number of rotatable bonds is 2. The SMILES string of the molecule is Cc1cc(C(F)(F)F)ccc1CN1CCNCC1C.Cl. The van der Waals surface area contributed by atoms with Crippen molar-refractivity contribution in [1.82, 2.24) is 10.2 Å². The predicted molar refractivity (Wildman–Crippen MR) is 76.2 cm³/mol. The first-order valence-electron chi connectivity index (χ1n) is 6.49. The van der Waals surface area contributed by atoms with Gasteiger partial charge >= 0.3 is 6.18 Å². The lowest BCUT2D eigenvalue weighted by atomic mass is 10.0. The van der Waals surface area contributed by atoms with E-state index in [1.54, 1.807) is 13.0 Å². The van der Waals surface area contributed by atoms with Crippen LogP contribution in [0.4, 0.5) is 13.2 Å². The zero-order valence-electron chi connectivity index (χ0n) is 11.6. The molecule has 0 aromatic heterocycles. The fourth-order valence-electron chi connectivity index (χ4n) is 2.39. The van der Waals surface area contributed by atoms with Gasteiger partial charge in [-0.05, 0) is 37.1 Å². The number of nitrogens with zero attached hydrogens (tertiary/aromatic N) is 1. The van der Waals surface area contributed by atoms with Crippen LogP contribution in [0.1, 0.15) is 23.6 Å². The van der Waals surface area contributed by atoms with Crippen LogP contribution < -0.4 is 5.32 Å². The van der Waals surface area contributed by atoms with E-state index in [1.165, 1.54) is 12.1 Å². The molecule has 1 aromatic carbocycles. The summed E-state index contributed by atoms with van der Waals surface area (Å²) in [5.41, 5.74) is 1.12. The number of halogens is 4. The van der Waals surface area contributed by atoms with Crippen LogP contribution in [-0.2, 0) is 12.7 Å². The van der Waals surface area contributed by atoms with Crippen molar-refractivity contribution in [3.05, 3.63) is 34.9 Å². The Morgan fingerprint density at radius 3 is 2.60 bits per heavy atom. The van der Waals surface area contributed by atoms with Crippen LogP contribution in [-0.4, -0.2) is 30.6 Å². The van der Waals surface area contributed by atoms with Gasteiger partial charge in [-0.2, -0.15) is 13.2 Å². The molecule has 1 fully saturated rings. The van der Waals surface area contributed by atoms with Crippen LogP contribution in [0.15, 0.2) is 18.2 Å². The topological polar surface area (TPSA) is 15.3 Å². The molecule has 0 amide bonds. The maximum atomic E-state index is 12.6. The van der Waals surface area contributed by atoms with Gasteiger partial charge < -0.3 is 5.32 Å². The Kier molecular flexibility index (Phi) is 5.86. The first-order chi connectivity index (χ1) is 8.88. The lowest BCUT2D eigenvalue weighted by Gasteiger charge is -2.34. The summed E-state index contributed by atoms with van der Waals surface area (Å²) >= 11 is 0. The van der Waals surface area contributed by atoms with E-state index in [-0.39, 0.29) is 12.4 Å². The van der Waals surface area contributed by atoms with E-state index < -0.39 is 11.7 Å². The molecule has 1 N–H and O–H groups in total. The van der Waals surface area contributed by atoms with Gasteiger partial charge in [-0.1, -0.05) is 6.07 Å². The first-order valence-corrected chi connectivity index (χ1v) is 6.49. The standard InChI is InChI=1S/C14H19F3N2.ClH/c1-10-7-13(14(15,16)17)4-3-12(10)9-19-6-5-18-8-11(19)2;/h3-4,7,11,18H,5-6,8-9H2,1-2H3;1H. The maximum Gasteiger partial charge on any atom is 0.416 e. The highest BCUT2D eigenvalue weighted by molar-refractivity contribution is 5.85. The summed E-state index contributed by atoms with van der Waals surface area (Å²) in [6, 6.07) is 4.43. The second-order valence-electron chi connectivity index (χ2n) is 5.16. The first kappa shape index (κ1) is 17.3. The van der Waals surface area contributed by atoms with E-state index in [2.05, 4.69) is 17.1 Å². The molecule has 6 heteroatoms. The number of benzene rings is 1. The quantitative estimate of drug-likeness (QED) is 0.902. The van der Waals surface area contributed by atoms with Crippen LogP contribution in [0.25, 0.3) is 0 Å². The molecule has 1 heterocycles. The van der Waals surface area contributed by atoms with E-state index in [1.807, 2.05) is 0 Å². The Morgan fingerprint density at radius 2 is 2.05 bits per heavy atom. The van der Waals surface area contributed by atoms with Gasteiger partial charge in [0.05, 0.1) is 5.56 Å². The van der Waals surface area contributed by atoms with Crippen LogP contribution in [0, 0.1) is 6.92 Å². The number of hydrogen-bond donors (Lipinski definition) is 1. The highest BCUT2D eigenvalue weighted by atomic mass is 35.5. The van der Waals surface area contributed by atoms with Crippen LogP contribution in [0.3, 0.4) is 0 Å². The van der Waals surface area contributed by atoms with E-state index in [0.717, 1.165) is 25.2 Å². The van der Waals surface area contributed by atoms with Gasteiger partial charge in [0.25, 0.3) is 0 Å². The monoisotopic (exact) mass is 308 g/mol. The minimum atomic E-state index is -4.26. The van der Waals surface area contributed by atoms with Crippen molar-refractivity contribution in [2.45, 2.75) is 32.6 Å². The molecule has 0 aliphatic carbocycles. The summed E-state index contributed by atoms with van der Waals surface area (Å²) in [6.45, 7) is 7.39. The van der Waals surface area contributed by atoms with Gasteiger partial charge in [0.1, 0.15) is 0 Å². The summed E-state index contributed by atoms with van der Waals surface area (Å²) < 4.78 is 37.8. The van der Waals surface area contributed by atoms with Crippen molar-refractivity contribution >= 4 is 12.4 Å². The number of nitrogens with one attached hydrogen (secondary N) is 1. The molecule has 1 aliphatic heterocycles. The van der Waals surface area contributed by atoms with Crippen molar-refractivity contribution < 1.29 is 13.2 Å². The molecule has 1 saturated heterocycles. The second-order valence-corrected chi connectivity index (χ2v) is 5.16. The molecule has 114 valence electrons. The van der Waals surface area contributed by atoms with E-state index >= 15 is 0 Å². The summed E-state index contributed by atoms with van der Waals surface area (Å²) in [4.78, 5) is 2.30. The van der Waals surface area contributed by atoms with Gasteiger partial charge in [0.2, 0.25) is 0 Å². The Morgan fingerprint density at radius 1 is 1.35 bits per heavy atom. The highest BCUT2D eigenvalue weighted by Gasteiger charge is 2.30. The average molecular weight is 309 g/mol. The summed E-state index contributed by atoms with van der Waals surface area (Å²) in [5, 5.41) is 3.30. The molecule has 20 heavy (non-hydrogen) atoms. The average Bonchev–Trinajstić information content (AvgIpc) is 2.33. The fraction of sp³-hybridized carbons (Fsp3) is 0.571. The van der Waals surface area contributed by atoms with E-state index in [9.17, 15) is 13.2 Å². The summed E-state index contributed by atoms with van der Waals surface area (Å²) in [6.07, 6.45) is -4.26. The fourth-order valence-corrected chi connectivity index (χ4v) is 2.39. The number of hydrogen-bond acceptors (Lipinski definition) is 2. The predicted octanol–water partition coefficient (Wildman–Crippen LogP) is 3.23. The molecule has 0 radical (unpaired) electrons. The lowest BCUT2D eigenvalue weighted by molar-refractivity contribution is -0.137. The Labute approximate surface area is 123 Å². The van der Waals surface area contributed by atoms with Gasteiger partial charge in [0, 0.05) is 32.2 Å². The van der Waals surface area contributed by atoms with E-state index in [0.29, 0.717) is 18.2 Å². The molecule has 1 atom stereocenters. The third kappa shape index (κ3) is 4.11. The Bertz CT molecular complexity index is 449. The highest BCUT2D eigenvalue weighted by Crippen LogP contribution is 2.30. The molecule has 1 unspecified atom stereocenters. The number of piperazine rings is 1. The smallest absolute Gasteiger partial charge is 0.314 e. The van der Waals surface area contributed by atoms with Crippen LogP contribution in [0.5, 0.6) is 0 Å². The zero-order valence-corrected chi connectivity index (χ0v) is 12.4. The molecule has 1 aromatic rings. The normalized spacial score (nSPS) is 20.6. The molecule has 0 spiro atoms. The largest absolute Gasteiger partial charge is 0.416 e. The minimum absolute atomic E-state index is 0. The van der Waals surface area contributed by atoms with Crippen molar-refractivity contribution in [3.63, 3.8) is 0 Å². The zero-order chi connectivity index (χ0) is 14.0. The van der Waals surface area contributed by atoms with Gasteiger partial charge in [-0.3, -0.25) is 4.90 Å². The van der Waals surface area contributed by atoms with Crippen molar-refractivity contribution in [1.29, 1.82) is 0 Å². The van der Waals surface area contributed by atoms with Gasteiger partial charge in [-0.15, -0.1) is 12.4 Å². The van der Waals surface area contributed by atoms with E-state index in [4.69, 9.17) is 0 Å². The van der Waals surface area contributed by atoms with Crippen LogP contribution in [0.2, 0.25) is 0 Å².